The Labute approximate surface area is 68.5 Å². The summed E-state index contributed by atoms with van der Waals surface area (Å²) in [7, 11) is 0. The van der Waals surface area contributed by atoms with Gasteiger partial charge >= 0.3 is 6.00 Å². The molecule has 0 amide bonds. The van der Waals surface area contributed by atoms with Crippen LogP contribution in [0.25, 0.3) is 0 Å². The molecule has 0 nitrogen and oxygen atoms in total. The molecule has 0 fully saturated rings. The van der Waals surface area contributed by atoms with E-state index in [1.165, 1.54) is 5.54 Å². The maximum Gasteiger partial charge on any atom is 0.344 e. The molecule has 0 saturated heterocycles. The molecule has 48 valence electrons. The zero-order valence-corrected chi connectivity index (χ0v) is 7.90. The number of hydrogen-bond donors (Lipinski definition) is 0. The summed E-state index contributed by atoms with van der Waals surface area (Å²) in [6.07, 6.45) is 1.64. The third kappa shape index (κ3) is 7.12. The first-order valence-corrected chi connectivity index (χ1v) is 7.56. The summed E-state index contributed by atoms with van der Waals surface area (Å²) in [4.78, 5) is 0. The lowest BCUT2D eigenvalue weighted by atomic mass is 10.8. The molecule has 0 atom stereocenters. The third-order valence-corrected chi connectivity index (χ3v) is 2.70. The number of allylic oxidation sites excluding steroid dienone is 1. The first kappa shape index (κ1) is 9.12. The summed E-state index contributed by atoms with van der Waals surface area (Å²) in [6, 6.07) is -1.95. The Bertz CT molecular complexity index is 83.8. The van der Waals surface area contributed by atoms with Crippen LogP contribution in [0.1, 0.15) is 0 Å². The third-order valence-electron chi connectivity index (χ3n) is 0.438. The predicted molar refractivity (Wildman–Crippen MR) is 43.1 cm³/mol. The molecule has 8 heavy (non-hydrogen) atoms. The van der Waals surface area contributed by atoms with Gasteiger partial charge < -0.3 is 0 Å². The van der Waals surface area contributed by atoms with Crippen molar-refractivity contribution in [3.8, 4) is 0 Å². The molecular weight excluding hydrogens is 206 g/mol. The van der Waals surface area contributed by atoms with Crippen molar-refractivity contribution >= 4 is 50.8 Å². The van der Waals surface area contributed by atoms with E-state index in [1.54, 1.807) is 6.08 Å². The molecule has 5 heteroatoms. The van der Waals surface area contributed by atoms with E-state index in [0.717, 1.165) is 0 Å². The van der Waals surface area contributed by atoms with Gasteiger partial charge in [-0.3, -0.25) is 0 Å². The Hall–Kier alpha value is 1.12. The zero-order valence-electron chi connectivity index (χ0n) is 3.87. The van der Waals surface area contributed by atoms with Gasteiger partial charge in [-0.15, -0.1) is 33.2 Å². The Morgan fingerprint density at radius 2 is 1.75 bits per heavy atom. The molecule has 0 aromatic heterocycles. The predicted octanol–water partition coefficient (Wildman–Crippen LogP) is 3.39. The fourth-order valence-electron chi connectivity index (χ4n) is 0.178. The average molecular weight is 210 g/mol. The van der Waals surface area contributed by atoms with Crippen molar-refractivity contribution in [2.24, 2.45) is 0 Å². The van der Waals surface area contributed by atoms with E-state index in [2.05, 4.69) is 0 Å². The molecule has 0 rings (SSSR count). The summed E-state index contributed by atoms with van der Waals surface area (Å²) < 4.78 is 0. The molecule has 0 aliphatic rings. The Kier molecular flexibility index (Phi) is 4.58. The van der Waals surface area contributed by atoms with E-state index in [9.17, 15) is 0 Å². The van der Waals surface area contributed by atoms with Gasteiger partial charge in [-0.2, -0.15) is 0 Å². The van der Waals surface area contributed by atoms with Gasteiger partial charge in [0, 0.05) is 11.6 Å². The lowest BCUT2D eigenvalue weighted by Gasteiger charge is -1.99. The highest BCUT2D eigenvalue weighted by molar-refractivity contribution is 7.64. The average Bonchev–Trinajstić information content (AvgIpc) is 1.59. The molecule has 0 radical (unpaired) electrons. The summed E-state index contributed by atoms with van der Waals surface area (Å²) in [5.74, 6) is 0. The molecule has 0 N–H and O–H groups in total. The van der Waals surface area contributed by atoms with Crippen LogP contribution < -0.4 is 0 Å². The molecule has 0 aromatic carbocycles. The van der Waals surface area contributed by atoms with Crippen molar-refractivity contribution in [2.45, 2.75) is 6.04 Å². The molecular formula is C3H4Cl4Si. The lowest BCUT2D eigenvalue weighted by molar-refractivity contribution is 1.72. The van der Waals surface area contributed by atoms with Crippen LogP contribution in [0, 0.1) is 0 Å². The van der Waals surface area contributed by atoms with Crippen molar-refractivity contribution in [3.63, 3.8) is 0 Å². The highest BCUT2D eigenvalue weighted by Gasteiger charge is 2.21. The number of hydrogen-bond acceptors (Lipinski definition) is 0. The first-order chi connectivity index (χ1) is 3.56. The summed E-state index contributed by atoms with van der Waals surface area (Å²) in [5, 5.41) is 0. The SMILES string of the molecule is ClC=CC[Si](Cl)(Cl)Cl. The number of rotatable bonds is 2. The van der Waals surface area contributed by atoms with Crippen LogP contribution in [0.4, 0.5) is 0 Å². The van der Waals surface area contributed by atoms with Crippen molar-refractivity contribution in [1.29, 1.82) is 0 Å². The fraction of sp³-hybridized carbons (Fsp3) is 0.333. The molecule has 0 bridgehead atoms. The summed E-state index contributed by atoms with van der Waals surface area (Å²) >= 11 is 21.6. The number of halogens is 4. The van der Waals surface area contributed by atoms with Gasteiger partial charge in [-0.05, 0) is 0 Å². The lowest BCUT2D eigenvalue weighted by Crippen LogP contribution is -2.05. The van der Waals surface area contributed by atoms with Crippen molar-refractivity contribution in [3.05, 3.63) is 11.6 Å². The molecule has 0 unspecified atom stereocenters. The highest BCUT2D eigenvalue weighted by Crippen LogP contribution is 2.24. The van der Waals surface area contributed by atoms with Crippen LogP contribution in [0.15, 0.2) is 11.6 Å². The second kappa shape index (κ2) is 4.02. The quantitative estimate of drug-likeness (QED) is 0.484. The molecule has 0 spiro atoms. The summed E-state index contributed by atoms with van der Waals surface area (Å²) in [5.41, 5.74) is 1.36. The van der Waals surface area contributed by atoms with Crippen LogP contribution in [0.3, 0.4) is 0 Å². The minimum atomic E-state index is -2.43. The minimum Gasteiger partial charge on any atom is -0.126 e. The van der Waals surface area contributed by atoms with Gasteiger partial charge in [0.05, 0.1) is 0 Å². The van der Waals surface area contributed by atoms with Crippen LogP contribution in [0.2, 0.25) is 6.04 Å². The molecule has 0 aliphatic heterocycles. The van der Waals surface area contributed by atoms with Crippen molar-refractivity contribution in [1.82, 2.24) is 0 Å². The van der Waals surface area contributed by atoms with Crippen LogP contribution in [-0.4, -0.2) is 6.00 Å². The smallest absolute Gasteiger partial charge is 0.126 e. The maximum atomic E-state index is 5.47. The fourth-order valence-corrected chi connectivity index (χ4v) is 1.60. The molecule has 0 saturated carbocycles. The van der Waals surface area contributed by atoms with E-state index in [-0.39, 0.29) is 0 Å². The van der Waals surface area contributed by atoms with Gasteiger partial charge in [0.15, 0.2) is 0 Å². The largest absolute Gasteiger partial charge is 0.344 e. The van der Waals surface area contributed by atoms with Gasteiger partial charge in [-0.25, -0.2) is 0 Å². The van der Waals surface area contributed by atoms with E-state index in [1.807, 2.05) is 0 Å². The van der Waals surface area contributed by atoms with Gasteiger partial charge in [-0.1, -0.05) is 17.7 Å². The van der Waals surface area contributed by atoms with Crippen LogP contribution in [-0.2, 0) is 0 Å². The minimum absolute atomic E-state index is 0.487. The van der Waals surface area contributed by atoms with E-state index in [0.29, 0.717) is 6.04 Å². The second-order valence-electron chi connectivity index (χ2n) is 1.18. The molecule has 0 aromatic rings. The Balaban J connectivity index is 3.39. The van der Waals surface area contributed by atoms with Gasteiger partial charge in [0.1, 0.15) is 0 Å². The maximum absolute atomic E-state index is 5.47. The van der Waals surface area contributed by atoms with Crippen molar-refractivity contribution in [2.75, 3.05) is 0 Å². The standard InChI is InChI=1S/C3H4Cl4Si/c4-2-1-3-8(5,6)7/h1-2H,3H2. The van der Waals surface area contributed by atoms with E-state index in [4.69, 9.17) is 44.8 Å². The first-order valence-electron chi connectivity index (χ1n) is 1.88. The van der Waals surface area contributed by atoms with Crippen LogP contribution in [0.5, 0.6) is 0 Å². The van der Waals surface area contributed by atoms with Crippen molar-refractivity contribution < 1.29 is 0 Å². The molecule has 0 aliphatic carbocycles. The molecule has 0 heterocycles. The normalized spacial score (nSPS) is 13.0. The highest BCUT2D eigenvalue weighted by atomic mass is 35.8. The Morgan fingerprint density at radius 1 is 1.25 bits per heavy atom. The van der Waals surface area contributed by atoms with Crippen LogP contribution >= 0.6 is 44.8 Å². The zero-order chi connectivity index (χ0) is 6.62. The van der Waals surface area contributed by atoms with Gasteiger partial charge in [0.2, 0.25) is 0 Å². The topological polar surface area (TPSA) is 0 Å². The van der Waals surface area contributed by atoms with E-state index < -0.39 is 6.00 Å². The van der Waals surface area contributed by atoms with Gasteiger partial charge in [0.25, 0.3) is 0 Å². The van der Waals surface area contributed by atoms with E-state index >= 15 is 0 Å². The summed E-state index contributed by atoms with van der Waals surface area (Å²) in [6.45, 7) is 0. The second-order valence-corrected chi connectivity index (χ2v) is 10.6. The monoisotopic (exact) mass is 208 g/mol. The Morgan fingerprint density at radius 3 is 1.88 bits per heavy atom.